The molecule has 1 aromatic carbocycles. The molecule has 2 unspecified atom stereocenters. The Hall–Kier alpha value is -2.08. The Labute approximate surface area is 137 Å². The highest BCUT2D eigenvalue weighted by Gasteiger charge is 2.30. The number of benzene rings is 1. The van der Waals surface area contributed by atoms with Gasteiger partial charge in [0.05, 0.1) is 12.7 Å². The average Bonchev–Trinajstić information content (AvgIpc) is 2.49. The van der Waals surface area contributed by atoms with Gasteiger partial charge in [-0.2, -0.15) is 0 Å². The van der Waals surface area contributed by atoms with E-state index in [1.807, 2.05) is 45.0 Å². The van der Waals surface area contributed by atoms with Crippen molar-refractivity contribution in [2.75, 3.05) is 11.9 Å². The van der Waals surface area contributed by atoms with Gasteiger partial charge in [0, 0.05) is 12.2 Å². The average molecular weight is 319 g/mol. The first kappa shape index (κ1) is 17.3. The molecule has 2 atom stereocenters. The molecular formula is C17H25N3O3. The Morgan fingerprint density at radius 2 is 2.22 bits per heavy atom. The van der Waals surface area contributed by atoms with Gasteiger partial charge in [0.1, 0.15) is 6.04 Å². The van der Waals surface area contributed by atoms with E-state index in [2.05, 4.69) is 16.0 Å². The number of nitrogens with one attached hydrogen (secondary N) is 3. The molecule has 1 aliphatic rings. The Morgan fingerprint density at radius 3 is 2.91 bits per heavy atom. The van der Waals surface area contributed by atoms with Crippen LogP contribution in [0.1, 0.15) is 32.8 Å². The maximum atomic E-state index is 12.1. The van der Waals surface area contributed by atoms with E-state index in [0.29, 0.717) is 18.8 Å². The van der Waals surface area contributed by atoms with E-state index in [1.165, 1.54) is 0 Å². The number of carbonyl (C=O) groups excluding carboxylic acids is 2. The highest BCUT2D eigenvalue weighted by molar-refractivity contribution is 5.94. The van der Waals surface area contributed by atoms with Crippen LogP contribution in [0.2, 0.25) is 0 Å². The molecule has 1 saturated heterocycles. The normalized spacial score (nSPS) is 21.0. The van der Waals surface area contributed by atoms with Gasteiger partial charge < -0.3 is 20.7 Å². The van der Waals surface area contributed by atoms with Crippen molar-refractivity contribution in [2.45, 2.75) is 45.9 Å². The molecule has 1 fully saturated rings. The Morgan fingerprint density at radius 1 is 1.43 bits per heavy atom. The summed E-state index contributed by atoms with van der Waals surface area (Å²) in [6.07, 6.45) is 1.01. The molecule has 0 aliphatic carbocycles. The zero-order chi connectivity index (χ0) is 16.8. The summed E-state index contributed by atoms with van der Waals surface area (Å²) in [6.45, 7) is 7.08. The first-order chi connectivity index (χ1) is 11.0. The predicted molar refractivity (Wildman–Crippen MR) is 89.1 cm³/mol. The minimum atomic E-state index is -0.490. The van der Waals surface area contributed by atoms with Gasteiger partial charge in [0.2, 0.25) is 5.91 Å². The maximum Gasteiger partial charge on any atom is 0.319 e. The van der Waals surface area contributed by atoms with Crippen LogP contribution in [0.3, 0.4) is 0 Å². The first-order valence-corrected chi connectivity index (χ1v) is 8.01. The number of hydrogen-bond acceptors (Lipinski definition) is 3. The van der Waals surface area contributed by atoms with Gasteiger partial charge in [-0.1, -0.05) is 19.1 Å². The summed E-state index contributed by atoms with van der Waals surface area (Å²) in [5, 5.41) is 8.29. The molecular weight excluding hydrogens is 294 g/mol. The third-order valence-corrected chi connectivity index (χ3v) is 3.81. The van der Waals surface area contributed by atoms with Crippen LogP contribution >= 0.6 is 0 Å². The van der Waals surface area contributed by atoms with E-state index in [4.69, 9.17) is 4.74 Å². The lowest BCUT2D eigenvalue weighted by molar-refractivity contribution is -0.125. The molecule has 6 nitrogen and oxygen atoms in total. The van der Waals surface area contributed by atoms with Gasteiger partial charge in [0.25, 0.3) is 0 Å². The molecule has 1 aliphatic heterocycles. The molecule has 1 aromatic rings. The largest absolute Gasteiger partial charge is 0.374 e. The monoisotopic (exact) mass is 319 g/mol. The van der Waals surface area contributed by atoms with Crippen LogP contribution in [0.25, 0.3) is 0 Å². The number of piperidine rings is 1. The second kappa shape index (κ2) is 7.97. The highest BCUT2D eigenvalue weighted by atomic mass is 16.5. The van der Waals surface area contributed by atoms with Gasteiger partial charge in [-0.25, -0.2) is 4.79 Å². The number of rotatable bonds is 5. The summed E-state index contributed by atoms with van der Waals surface area (Å²) >= 11 is 0. The van der Waals surface area contributed by atoms with Crippen LogP contribution in [-0.2, 0) is 16.1 Å². The van der Waals surface area contributed by atoms with Crippen molar-refractivity contribution >= 4 is 17.6 Å². The Balaban J connectivity index is 1.92. The van der Waals surface area contributed by atoms with Gasteiger partial charge in [0.15, 0.2) is 0 Å². The molecule has 23 heavy (non-hydrogen) atoms. The summed E-state index contributed by atoms with van der Waals surface area (Å²) in [5.41, 5.74) is 1.66. The van der Waals surface area contributed by atoms with E-state index >= 15 is 0 Å². The smallest absolute Gasteiger partial charge is 0.319 e. The molecule has 126 valence electrons. The maximum absolute atomic E-state index is 12.1. The van der Waals surface area contributed by atoms with E-state index in [-0.39, 0.29) is 24.0 Å². The van der Waals surface area contributed by atoms with E-state index in [0.717, 1.165) is 12.0 Å². The molecule has 3 N–H and O–H groups in total. The Bertz CT molecular complexity index is 560. The molecule has 0 spiro atoms. The number of hydrogen-bond donors (Lipinski definition) is 3. The third-order valence-electron chi connectivity index (χ3n) is 3.81. The zero-order valence-corrected chi connectivity index (χ0v) is 13.9. The van der Waals surface area contributed by atoms with Crippen LogP contribution in [-0.4, -0.2) is 30.6 Å². The quantitative estimate of drug-likeness (QED) is 0.779. The predicted octanol–water partition coefficient (Wildman–Crippen LogP) is 2.26. The van der Waals surface area contributed by atoms with Crippen LogP contribution < -0.4 is 16.0 Å². The second-order valence-corrected chi connectivity index (χ2v) is 6.19. The van der Waals surface area contributed by atoms with Crippen molar-refractivity contribution in [3.63, 3.8) is 0 Å². The van der Waals surface area contributed by atoms with E-state index in [9.17, 15) is 9.59 Å². The first-order valence-electron chi connectivity index (χ1n) is 8.01. The number of urea groups is 1. The second-order valence-electron chi connectivity index (χ2n) is 6.19. The molecule has 0 bridgehead atoms. The van der Waals surface area contributed by atoms with Crippen molar-refractivity contribution in [1.82, 2.24) is 10.6 Å². The molecule has 2 rings (SSSR count). The SMILES string of the molecule is CC(C)OCc1cccc(NC(=O)NC2C(=O)NCCC2C)c1. The fourth-order valence-corrected chi connectivity index (χ4v) is 2.48. The zero-order valence-electron chi connectivity index (χ0n) is 13.9. The number of amides is 3. The van der Waals surface area contributed by atoms with Gasteiger partial charge in [-0.3, -0.25) is 4.79 Å². The van der Waals surface area contributed by atoms with Gasteiger partial charge >= 0.3 is 6.03 Å². The number of anilines is 1. The molecule has 6 heteroatoms. The van der Waals surface area contributed by atoms with Crippen molar-refractivity contribution in [2.24, 2.45) is 5.92 Å². The highest BCUT2D eigenvalue weighted by Crippen LogP contribution is 2.14. The Kier molecular flexibility index (Phi) is 5.98. The summed E-state index contributed by atoms with van der Waals surface area (Å²) in [4.78, 5) is 23.9. The lowest BCUT2D eigenvalue weighted by Gasteiger charge is -2.28. The topological polar surface area (TPSA) is 79.5 Å². The van der Waals surface area contributed by atoms with Crippen LogP contribution in [0.15, 0.2) is 24.3 Å². The minimum Gasteiger partial charge on any atom is -0.374 e. The molecule has 0 radical (unpaired) electrons. The van der Waals surface area contributed by atoms with Crippen molar-refractivity contribution in [3.05, 3.63) is 29.8 Å². The molecule has 0 aromatic heterocycles. The lowest BCUT2D eigenvalue weighted by atomic mass is 9.94. The van der Waals surface area contributed by atoms with Crippen molar-refractivity contribution in [1.29, 1.82) is 0 Å². The fraction of sp³-hybridized carbons (Fsp3) is 0.529. The third kappa shape index (κ3) is 5.25. The molecule has 3 amide bonds. The van der Waals surface area contributed by atoms with Crippen molar-refractivity contribution < 1.29 is 14.3 Å². The summed E-state index contributed by atoms with van der Waals surface area (Å²) in [7, 11) is 0. The van der Waals surface area contributed by atoms with E-state index < -0.39 is 6.04 Å². The van der Waals surface area contributed by atoms with Crippen LogP contribution in [0.5, 0.6) is 0 Å². The summed E-state index contributed by atoms with van der Waals surface area (Å²) in [5.74, 6) is -0.00161. The van der Waals surface area contributed by atoms with Crippen LogP contribution in [0.4, 0.5) is 10.5 Å². The molecule has 1 heterocycles. The number of ether oxygens (including phenoxy) is 1. The molecule has 0 saturated carbocycles. The van der Waals surface area contributed by atoms with Gasteiger partial charge in [-0.05, 0) is 43.9 Å². The standard InChI is InChI=1S/C17H25N3O3/c1-11(2)23-10-13-5-4-6-14(9-13)19-17(22)20-15-12(3)7-8-18-16(15)21/h4-6,9,11-12,15H,7-8,10H2,1-3H3,(H,18,21)(H2,19,20,22). The lowest BCUT2D eigenvalue weighted by Crippen LogP contribution is -2.55. The van der Waals surface area contributed by atoms with Crippen molar-refractivity contribution in [3.8, 4) is 0 Å². The summed E-state index contributed by atoms with van der Waals surface area (Å²) in [6, 6.07) is 6.62. The number of carbonyl (C=O) groups is 2. The summed E-state index contributed by atoms with van der Waals surface area (Å²) < 4.78 is 5.56. The van der Waals surface area contributed by atoms with Crippen LogP contribution in [0, 0.1) is 5.92 Å². The van der Waals surface area contributed by atoms with E-state index in [1.54, 1.807) is 0 Å². The van der Waals surface area contributed by atoms with Gasteiger partial charge in [-0.15, -0.1) is 0 Å². The minimum absolute atomic E-state index is 0.125. The fourth-order valence-electron chi connectivity index (χ4n) is 2.48.